The van der Waals surface area contributed by atoms with Gasteiger partial charge in [-0.2, -0.15) is 30.1 Å². The number of fused-ring (bicyclic) bond motifs is 1. The Kier molecular flexibility index (Phi) is 7.24. The van der Waals surface area contributed by atoms with Crippen LogP contribution < -0.4 is 15.5 Å². The number of aromatic nitrogens is 4. The first-order valence-corrected chi connectivity index (χ1v) is 15.2. The predicted octanol–water partition coefficient (Wildman–Crippen LogP) is 2.95. The van der Waals surface area contributed by atoms with E-state index in [1.807, 2.05) is 6.07 Å². The number of piperazine rings is 1. The molecule has 7 rings (SSSR count). The van der Waals surface area contributed by atoms with E-state index in [9.17, 15) is 15.6 Å². The third-order valence-corrected chi connectivity index (χ3v) is 9.50. The molecule has 0 amide bonds. The summed E-state index contributed by atoms with van der Waals surface area (Å²) in [6.45, 7) is 5.74. The van der Waals surface area contributed by atoms with Gasteiger partial charge in [0.2, 0.25) is 11.9 Å². The number of hydrogen-bond donors (Lipinski definition) is 3. The molecular weight excluding hydrogens is 554 g/mol. The minimum absolute atomic E-state index is 0.103. The van der Waals surface area contributed by atoms with Gasteiger partial charge in [-0.05, 0) is 63.7 Å². The Morgan fingerprint density at radius 1 is 0.905 bits per heavy atom. The minimum atomic E-state index is -0.103. The first-order valence-electron chi connectivity index (χ1n) is 14.8. The molecule has 42 heavy (non-hydrogen) atoms. The molecular formula is C29H34ClN11O. The largest absolute Gasteiger partial charge is 0.393 e. The Morgan fingerprint density at radius 2 is 1.64 bits per heavy atom. The highest BCUT2D eigenvalue weighted by molar-refractivity contribution is 6.36. The zero-order chi connectivity index (χ0) is 28.8. The molecule has 3 aromatic rings. The topological polar surface area (TPSA) is 145 Å². The van der Waals surface area contributed by atoms with E-state index in [0.29, 0.717) is 51.6 Å². The van der Waals surface area contributed by atoms with Crippen molar-refractivity contribution >= 4 is 40.5 Å². The molecule has 0 bridgehead atoms. The number of benzene rings is 1. The van der Waals surface area contributed by atoms with E-state index < -0.39 is 0 Å². The summed E-state index contributed by atoms with van der Waals surface area (Å²) in [5.41, 5.74) is 2.60. The number of aliphatic hydroxyl groups is 1. The van der Waals surface area contributed by atoms with Crippen LogP contribution in [-0.2, 0) is 0 Å². The lowest BCUT2D eigenvalue weighted by atomic mass is 9.86. The van der Waals surface area contributed by atoms with Crippen molar-refractivity contribution in [2.75, 3.05) is 54.8 Å². The fourth-order valence-corrected chi connectivity index (χ4v) is 6.71. The van der Waals surface area contributed by atoms with Crippen LogP contribution in [0.15, 0.2) is 18.3 Å². The Morgan fingerprint density at radius 3 is 2.31 bits per heavy atom. The van der Waals surface area contributed by atoms with Crippen LogP contribution in [0.1, 0.15) is 49.7 Å². The highest BCUT2D eigenvalue weighted by Gasteiger charge is 2.36. The number of nitrogens with one attached hydrogen (secondary N) is 2. The lowest BCUT2D eigenvalue weighted by molar-refractivity contribution is -0.0175. The molecule has 13 heteroatoms. The van der Waals surface area contributed by atoms with E-state index in [2.05, 4.69) is 52.5 Å². The molecule has 2 saturated heterocycles. The number of hydrogen-bond acceptors (Lipinski definition) is 11. The summed E-state index contributed by atoms with van der Waals surface area (Å²) in [6, 6.07) is 9.44. The fourth-order valence-electron chi connectivity index (χ4n) is 6.43. The van der Waals surface area contributed by atoms with Gasteiger partial charge in [0.05, 0.1) is 40.3 Å². The van der Waals surface area contributed by atoms with Crippen LogP contribution in [0.2, 0.25) is 5.02 Å². The average molecular weight is 588 g/mol. The minimum Gasteiger partial charge on any atom is -0.393 e. The molecule has 0 unspecified atom stereocenters. The number of nitriles is 2. The summed E-state index contributed by atoms with van der Waals surface area (Å²) in [5.74, 6) is 0.782. The Balaban J connectivity index is 1.06. The molecule has 2 aliphatic carbocycles. The quantitative estimate of drug-likeness (QED) is 0.375. The van der Waals surface area contributed by atoms with Crippen LogP contribution in [-0.4, -0.2) is 98.0 Å². The van der Waals surface area contributed by atoms with Gasteiger partial charge in [0.1, 0.15) is 11.6 Å². The van der Waals surface area contributed by atoms with E-state index in [1.54, 1.807) is 10.6 Å². The van der Waals surface area contributed by atoms with Gasteiger partial charge in [-0.15, -0.1) is 0 Å². The molecule has 12 nitrogen and oxygen atoms in total. The van der Waals surface area contributed by atoms with Crippen LogP contribution in [0, 0.1) is 22.7 Å². The van der Waals surface area contributed by atoms with Crippen LogP contribution in [0.3, 0.4) is 0 Å². The number of rotatable bonds is 7. The van der Waals surface area contributed by atoms with Crippen LogP contribution >= 0.6 is 11.6 Å². The number of piperidine rings is 1. The van der Waals surface area contributed by atoms with Crippen LogP contribution in [0.25, 0.3) is 5.65 Å². The Labute approximate surface area is 249 Å². The fraction of sp³-hybridized carbons (Fsp3) is 0.552. The maximum atomic E-state index is 9.83. The molecule has 0 spiro atoms. The van der Waals surface area contributed by atoms with Gasteiger partial charge in [-0.25, -0.2) is 0 Å². The summed E-state index contributed by atoms with van der Waals surface area (Å²) < 4.78 is 1.54. The number of halogens is 1. The van der Waals surface area contributed by atoms with Crippen LogP contribution in [0.4, 0.5) is 23.3 Å². The summed E-state index contributed by atoms with van der Waals surface area (Å²) in [4.78, 5) is 16.6. The maximum absolute atomic E-state index is 9.83. The van der Waals surface area contributed by atoms with Crippen molar-refractivity contribution in [3.05, 3.63) is 34.5 Å². The third-order valence-electron chi connectivity index (χ3n) is 9.10. The van der Waals surface area contributed by atoms with Crippen molar-refractivity contribution in [2.24, 2.45) is 0 Å². The first-order chi connectivity index (χ1) is 20.5. The van der Waals surface area contributed by atoms with Gasteiger partial charge >= 0.3 is 0 Å². The summed E-state index contributed by atoms with van der Waals surface area (Å²) in [5, 5.41) is 40.4. The second kappa shape index (κ2) is 11.2. The molecule has 0 radical (unpaired) electrons. The number of likely N-dealkylation sites (tertiary alicyclic amines) is 1. The van der Waals surface area contributed by atoms with Gasteiger partial charge < -0.3 is 25.5 Å². The van der Waals surface area contributed by atoms with Gasteiger partial charge in [-0.1, -0.05) is 11.6 Å². The van der Waals surface area contributed by atoms with Crippen molar-refractivity contribution in [2.45, 2.75) is 62.8 Å². The summed E-state index contributed by atoms with van der Waals surface area (Å²) in [7, 11) is 0. The van der Waals surface area contributed by atoms with E-state index in [4.69, 9.17) is 11.6 Å². The predicted molar refractivity (Wildman–Crippen MR) is 159 cm³/mol. The van der Waals surface area contributed by atoms with Crippen LogP contribution in [0.5, 0.6) is 0 Å². The maximum Gasteiger partial charge on any atom is 0.232 e. The molecule has 2 saturated carbocycles. The Bertz CT molecular complexity index is 1550. The van der Waals surface area contributed by atoms with Gasteiger partial charge in [0.15, 0.2) is 5.65 Å². The first kappa shape index (κ1) is 27.2. The highest BCUT2D eigenvalue weighted by Crippen LogP contribution is 2.37. The molecule has 4 fully saturated rings. The molecule has 218 valence electrons. The second-order valence-corrected chi connectivity index (χ2v) is 12.2. The van der Waals surface area contributed by atoms with Crippen molar-refractivity contribution in [1.29, 1.82) is 10.5 Å². The molecule has 4 aliphatic rings. The second-order valence-electron chi connectivity index (χ2n) is 11.9. The number of aliphatic hydroxyl groups excluding tert-OH is 1. The zero-order valence-corrected chi connectivity index (χ0v) is 24.1. The van der Waals surface area contributed by atoms with E-state index >= 15 is 0 Å². The van der Waals surface area contributed by atoms with Gasteiger partial charge in [0, 0.05) is 44.3 Å². The van der Waals surface area contributed by atoms with Gasteiger partial charge in [0.25, 0.3) is 0 Å². The SMILES string of the molecule is N#Cc1cc(Nc2nc(NC3CC3)n3ncc(C#N)c3n2)c(Cl)c(N2CCN(C3CCN(C4CC(O)C4)CC3)CC2)c1. The molecule has 2 aromatic heterocycles. The molecule has 4 heterocycles. The van der Waals surface area contributed by atoms with Crippen molar-refractivity contribution < 1.29 is 5.11 Å². The lowest BCUT2D eigenvalue weighted by Gasteiger charge is -2.47. The lowest BCUT2D eigenvalue weighted by Crippen LogP contribution is -2.56. The molecule has 2 aliphatic heterocycles. The van der Waals surface area contributed by atoms with Gasteiger partial charge in [-0.3, -0.25) is 4.90 Å². The zero-order valence-electron chi connectivity index (χ0n) is 23.4. The highest BCUT2D eigenvalue weighted by atomic mass is 35.5. The van der Waals surface area contributed by atoms with E-state index in [0.717, 1.165) is 83.5 Å². The Hall–Kier alpha value is -3.68. The number of nitrogens with zero attached hydrogens (tertiary/aromatic N) is 9. The van der Waals surface area contributed by atoms with Crippen molar-refractivity contribution in [1.82, 2.24) is 29.4 Å². The summed E-state index contributed by atoms with van der Waals surface area (Å²) in [6.07, 6.45) is 7.66. The normalized spacial score (nSPS) is 23.8. The smallest absolute Gasteiger partial charge is 0.232 e. The average Bonchev–Trinajstić information content (AvgIpc) is 3.72. The summed E-state index contributed by atoms with van der Waals surface area (Å²) >= 11 is 6.98. The molecule has 3 N–H and O–H groups in total. The van der Waals surface area contributed by atoms with E-state index in [1.165, 1.54) is 6.20 Å². The third kappa shape index (κ3) is 5.32. The molecule has 1 aromatic carbocycles. The van der Waals surface area contributed by atoms with Crippen molar-refractivity contribution in [3.8, 4) is 12.1 Å². The van der Waals surface area contributed by atoms with E-state index in [-0.39, 0.29) is 12.1 Å². The van der Waals surface area contributed by atoms with Crippen molar-refractivity contribution in [3.63, 3.8) is 0 Å². The standard InChI is InChI=1S/C29H34ClN11O/c30-26-24(35-28-36-27-19(16-32)17-33-41(27)29(37-28)34-20-1-2-20)11-18(15-31)12-25(26)40-9-7-39(8-10-40)21-3-5-38(6-4-21)22-13-23(42)14-22/h11-12,17,20-23,42H,1-10,13-14H2,(H2,34,35,36,37). The molecule has 0 atom stereocenters. The monoisotopic (exact) mass is 587 g/mol. The number of anilines is 4.